The van der Waals surface area contributed by atoms with Gasteiger partial charge in [0.15, 0.2) is 5.96 Å². The minimum Gasteiger partial charge on any atom is -0.497 e. The summed E-state index contributed by atoms with van der Waals surface area (Å²) in [5.41, 5.74) is 0.833. The van der Waals surface area contributed by atoms with Crippen molar-refractivity contribution in [2.24, 2.45) is 4.99 Å². The molecule has 0 saturated carbocycles. The van der Waals surface area contributed by atoms with E-state index >= 15 is 0 Å². The summed E-state index contributed by atoms with van der Waals surface area (Å²) in [6, 6.07) is 8.53. The molecule has 1 atom stereocenters. The van der Waals surface area contributed by atoms with E-state index in [0.29, 0.717) is 18.6 Å². The average Bonchev–Trinajstić information content (AvgIpc) is 2.64. The van der Waals surface area contributed by atoms with Crippen molar-refractivity contribution in [3.8, 4) is 5.75 Å². The lowest BCUT2D eigenvalue weighted by Gasteiger charge is -2.30. The predicted molar refractivity (Wildman–Crippen MR) is 129 cm³/mol. The van der Waals surface area contributed by atoms with Crippen LogP contribution in [0.2, 0.25) is 0 Å². The molecule has 162 valence electrons. The highest BCUT2D eigenvalue weighted by Gasteiger charge is 2.12. The zero-order valence-electron chi connectivity index (χ0n) is 18.2. The van der Waals surface area contributed by atoms with Crippen molar-refractivity contribution in [2.45, 2.75) is 59.2 Å². The summed E-state index contributed by atoms with van der Waals surface area (Å²) in [6.45, 7) is 14.0. The smallest absolute Gasteiger partial charge is 0.191 e. The Morgan fingerprint density at radius 1 is 1.11 bits per heavy atom. The van der Waals surface area contributed by atoms with Gasteiger partial charge in [-0.25, -0.2) is 0 Å². The van der Waals surface area contributed by atoms with Gasteiger partial charge < -0.3 is 20.5 Å². The highest BCUT2D eigenvalue weighted by Crippen LogP contribution is 2.17. The predicted octanol–water partition coefficient (Wildman–Crippen LogP) is 3.41. The second-order valence-corrected chi connectivity index (χ2v) is 7.21. The van der Waals surface area contributed by atoms with E-state index in [-0.39, 0.29) is 24.0 Å². The quantitative estimate of drug-likeness (QED) is 0.186. The van der Waals surface area contributed by atoms with Crippen LogP contribution in [0, 0.1) is 0 Å². The molecule has 0 bridgehead atoms. The van der Waals surface area contributed by atoms with E-state index in [1.54, 1.807) is 7.11 Å². The molecule has 0 fully saturated rings. The molecule has 1 rings (SSSR count). The first-order valence-electron chi connectivity index (χ1n) is 9.98. The summed E-state index contributed by atoms with van der Waals surface area (Å²) in [5, 5.41) is 17.0. The van der Waals surface area contributed by atoms with Gasteiger partial charge in [0.1, 0.15) is 5.75 Å². The lowest BCUT2D eigenvalue weighted by Crippen LogP contribution is -2.41. The van der Waals surface area contributed by atoms with Crippen LogP contribution in [-0.2, 0) is 0 Å². The highest BCUT2D eigenvalue weighted by atomic mass is 127. The molecule has 0 aromatic heterocycles. The fourth-order valence-electron chi connectivity index (χ4n) is 3.03. The largest absolute Gasteiger partial charge is 0.497 e. The average molecular weight is 506 g/mol. The maximum atomic E-state index is 10.4. The fourth-order valence-corrected chi connectivity index (χ4v) is 3.03. The van der Waals surface area contributed by atoms with Gasteiger partial charge in [-0.1, -0.05) is 12.1 Å². The second-order valence-electron chi connectivity index (χ2n) is 7.21. The Kier molecular flexibility index (Phi) is 14.3. The van der Waals surface area contributed by atoms with Gasteiger partial charge in [0.2, 0.25) is 0 Å². The molecule has 0 aliphatic heterocycles. The second kappa shape index (κ2) is 14.9. The number of nitrogens with one attached hydrogen (secondary N) is 2. The first-order valence-corrected chi connectivity index (χ1v) is 9.98. The van der Waals surface area contributed by atoms with Crippen LogP contribution in [0.25, 0.3) is 0 Å². The number of guanidine groups is 1. The molecule has 1 aromatic rings. The molecule has 3 N–H and O–H groups in total. The van der Waals surface area contributed by atoms with Crippen molar-refractivity contribution in [1.29, 1.82) is 0 Å². The Balaban J connectivity index is 0.00000729. The molecular weight excluding hydrogens is 467 g/mol. The first-order chi connectivity index (χ1) is 12.9. The van der Waals surface area contributed by atoms with E-state index in [1.165, 1.54) is 0 Å². The number of hydrogen-bond acceptors (Lipinski definition) is 4. The topological polar surface area (TPSA) is 69.1 Å². The Labute approximate surface area is 188 Å². The van der Waals surface area contributed by atoms with Crippen molar-refractivity contribution in [3.05, 3.63) is 29.8 Å². The number of halogens is 1. The molecular formula is C21H39IN4O2. The van der Waals surface area contributed by atoms with Crippen molar-refractivity contribution in [3.63, 3.8) is 0 Å². The van der Waals surface area contributed by atoms with Crippen molar-refractivity contribution < 1.29 is 9.84 Å². The van der Waals surface area contributed by atoms with E-state index < -0.39 is 6.10 Å². The lowest BCUT2D eigenvalue weighted by atomic mass is 10.1. The Morgan fingerprint density at radius 2 is 1.71 bits per heavy atom. The molecule has 0 radical (unpaired) electrons. The van der Waals surface area contributed by atoms with Gasteiger partial charge in [0.05, 0.1) is 19.8 Å². The van der Waals surface area contributed by atoms with E-state index in [0.717, 1.165) is 43.3 Å². The van der Waals surface area contributed by atoms with Gasteiger partial charge in [0.25, 0.3) is 0 Å². The molecule has 0 amide bonds. The number of benzene rings is 1. The molecule has 0 heterocycles. The van der Waals surface area contributed by atoms with E-state index in [4.69, 9.17) is 4.74 Å². The normalized spacial score (nSPS) is 12.9. The van der Waals surface area contributed by atoms with Crippen LogP contribution in [0.5, 0.6) is 5.75 Å². The maximum absolute atomic E-state index is 10.4. The van der Waals surface area contributed by atoms with Gasteiger partial charge in [-0.15, -0.1) is 24.0 Å². The molecule has 0 saturated heterocycles. The maximum Gasteiger partial charge on any atom is 0.191 e. The minimum atomic E-state index is -0.635. The third-order valence-electron chi connectivity index (χ3n) is 4.48. The lowest BCUT2D eigenvalue weighted by molar-refractivity contribution is 0.173. The van der Waals surface area contributed by atoms with Crippen LogP contribution in [0.1, 0.15) is 52.7 Å². The van der Waals surface area contributed by atoms with Crippen molar-refractivity contribution >= 4 is 29.9 Å². The van der Waals surface area contributed by atoms with Gasteiger partial charge in [-0.05, 0) is 58.7 Å². The van der Waals surface area contributed by atoms with E-state index in [9.17, 15) is 5.11 Å². The summed E-state index contributed by atoms with van der Waals surface area (Å²) >= 11 is 0. The molecule has 6 nitrogen and oxygen atoms in total. The molecule has 0 aliphatic carbocycles. The fraction of sp³-hybridized carbons (Fsp3) is 0.667. The monoisotopic (exact) mass is 506 g/mol. The highest BCUT2D eigenvalue weighted by molar-refractivity contribution is 14.0. The van der Waals surface area contributed by atoms with Gasteiger partial charge in [0, 0.05) is 31.7 Å². The summed E-state index contributed by atoms with van der Waals surface area (Å²) in [4.78, 5) is 7.00. The number of hydrogen-bond donors (Lipinski definition) is 3. The molecule has 1 unspecified atom stereocenters. The van der Waals surface area contributed by atoms with Crippen LogP contribution < -0.4 is 15.4 Å². The molecule has 7 heteroatoms. The standard InChI is InChI=1S/C21H38N4O2.HI/c1-7-22-21(23-13-8-14-25(16(2)3)17(4)5)24-15-20(26)18-9-11-19(27-6)12-10-18;/h9-12,16-17,20,26H,7-8,13-15H2,1-6H3,(H2,22,23,24);1H. The molecule has 0 aliphatic rings. The van der Waals surface area contributed by atoms with Crippen molar-refractivity contribution in [1.82, 2.24) is 15.5 Å². The minimum absolute atomic E-state index is 0. The molecule has 0 spiro atoms. The number of aliphatic imine (C=N–C) groups is 1. The van der Waals surface area contributed by atoms with Gasteiger partial charge in [-0.2, -0.15) is 0 Å². The summed E-state index contributed by atoms with van der Waals surface area (Å²) in [5.74, 6) is 1.52. The summed E-state index contributed by atoms with van der Waals surface area (Å²) < 4.78 is 5.15. The number of methoxy groups -OCH3 is 1. The third kappa shape index (κ3) is 9.93. The third-order valence-corrected chi connectivity index (χ3v) is 4.48. The zero-order chi connectivity index (χ0) is 20.2. The van der Waals surface area contributed by atoms with Crippen molar-refractivity contribution in [2.75, 3.05) is 33.3 Å². The number of nitrogens with zero attached hydrogens (tertiary/aromatic N) is 2. The number of aliphatic hydroxyl groups is 1. The number of aliphatic hydroxyl groups excluding tert-OH is 1. The molecule has 1 aromatic carbocycles. The molecule has 28 heavy (non-hydrogen) atoms. The number of rotatable bonds is 11. The number of ether oxygens (including phenoxy) is 1. The SMILES string of the molecule is CCNC(=NCC(O)c1ccc(OC)cc1)NCCCN(C(C)C)C(C)C.I. The van der Waals surface area contributed by atoms with Crippen LogP contribution in [-0.4, -0.2) is 61.3 Å². The van der Waals surface area contributed by atoms with Gasteiger partial charge in [-0.3, -0.25) is 9.89 Å². The van der Waals surface area contributed by atoms with Crippen LogP contribution in [0.3, 0.4) is 0 Å². The van der Waals surface area contributed by atoms with Crippen LogP contribution in [0.15, 0.2) is 29.3 Å². The summed E-state index contributed by atoms with van der Waals surface area (Å²) in [6.07, 6.45) is 0.408. The van der Waals surface area contributed by atoms with Gasteiger partial charge >= 0.3 is 0 Å². The zero-order valence-corrected chi connectivity index (χ0v) is 20.6. The summed E-state index contributed by atoms with van der Waals surface area (Å²) in [7, 11) is 1.63. The Hall–Kier alpha value is -1.06. The first kappa shape index (κ1) is 26.9. The Morgan fingerprint density at radius 3 is 2.21 bits per heavy atom. The van der Waals surface area contributed by atoms with Crippen LogP contribution in [0.4, 0.5) is 0 Å². The van der Waals surface area contributed by atoms with E-state index in [2.05, 4.69) is 48.2 Å². The van der Waals surface area contributed by atoms with Crippen LogP contribution >= 0.6 is 24.0 Å². The Bertz CT molecular complexity index is 542. The van der Waals surface area contributed by atoms with E-state index in [1.807, 2.05) is 31.2 Å².